The Morgan fingerprint density at radius 2 is 2.75 bits per heavy atom. The summed E-state index contributed by atoms with van der Waals surface area (Å²) in [6.07, 6.45) is 0.357. The van der Waals surface area contributed by atoms with Crippen LogP contribution in [0.4, 0.5) is 0 Å². The number of carbonyl (C=O) groups is 1. The van der Waals surface area contributed by atoms with Crippen LogP contribution in [0.5, 0.6) is 0 Å². The summed E-state index contributed by atoms with van der Waals surface area (Å²) in [5.41, 5.74) is 0. The van der Waals surface area contributed by atoms with Gasteiger partial charge in [0.25, 0.3) is 0 Å². The number of carbonyl (C=O) groups excluding carboxylic acids is 1. The maximum Gasteiger partial charge on any atom is 0.210 e. The molecule has 1 saturated heterocycles. The van der Waals surface area contributed by atoms with E-state index in [0.717, 1.165) is 6.54 Å². The SMILES string of the molecule is O=CNC1NCCO1. The van der Waals surface area contributed by atoms with E-state index < -0.39 is 0 Å². The first-order valence-corrected chi connectivity index (χ1v) is 2.48. The van der Waals surface area contributed by atoms with Gasteiger partial charge in [-0.3, -0.25) is 10.1 Å². The van der Waals surface area contributed by atoms with Gasteiger partial charge in [0.1, 0.15) is 0 Å². The Morgan fingerprint density at radius 3 is 3.25 bits per heavy atom. The van der Waals surface area contributed by atoms with Crippen molar-refractivity contribution in [1.82, 2.24) is 10.6 Å². The number of ether oxygens (including phenoxy) is 1. The molecule has 1 amide bonds. The fourth-order valence-electron chi connectivity index (χ4n) is 0.595. The van der Waals surface area contributed by atoms with E-state index in [1.165, 1.54) is 0 Å². The average molecular weight is 116 g/mol. The van der Waals surface area contributed by atoms with E-state index >= 15 is 0 Å². The number of amides is 1. The van der Waals surface area contributed by atoms with Gasteiger partial charge in [0, 0.05) is 6.54 Å². The summed E-state index contributed by atoms with van der Waals surface area (Å²) in [5.74, 6) is 0. The van der Waals surface area contributed by atoms with Crippen molar-refractivity contribution in [1.29, 1.82) is 0 Å². The van der Waals surface area contributed by atoms with Crippen LogP contribution in [-0.4, -0.2) is 25.9 Å². The van der Waals surface area contributed by atoms with Crippen molar-refractivity contribution in [2.45, 2.75) is 6.35 Å². The Hall–Kier alpha value is -0.610. The third-order valence-corrected chi connectivity index (χ3v) is 0.936. The average Bonchev–Trinajstić information content (AvgIpc) is 2.19. The summed E-state index contributed by atoms with van der Waals surface area (Å²) in [4.78, 5) is 9.73. The highest BCUT2D eigenvalue weighted by Crippen LogP contribution is 1.87. The van der Waals surface area contributed by atoms with E-state index in [-0.39, 0.29) is 6.35 Å². The quantitative estimate of drug-likeness (QED) is 0.438. The molecule has 1 unspecified atom stereocenters. The van der Waals surface area contributed by atoms with Crippen molar-refractivity contribution in [3.05, 3.63) is 0 Å². The van der Waals surface area contributed by atoms with Gasteiger partial charge in [0.05, 0.1) is 6.61 Å². The maximum atomic E-state index is 9.73. The summed E-state index contributed by atoms with van der Waals surface area (Å²) in [6.45, 7) is 1.48. The Morgan fingerprint density at radius 1 is 1.88 bits per heavy atom. The summed E-state index contributed by atoms with van der Waals surface area (Å²) >= 11 is 0. The second-order valence-electron chi connectivity index (χ2n) is 1.49. The minimum absolute atomic E-state index is 0.257. The highest BCUT2D eigenvalue weighted by molar-refractivity contribution is 5.46. The van der Waals surface area contributed by atoms with Gasteiger partial charge in [-0.05, 0) is 0 Å². The van der Waals surface area contributed by atoms with Crippen molar-refractivity contribution in [3.8, 4) is 0 Å². The third-order valence-electron chi connectivity index (χ3n) is 0.936. The van der Waals surface area contributed by atoms with Gasteiger partial charge in [0.15, 0.2) is 6.35 Å². The van der Waals surface area contributed by atoms with Gasteiger partial charge in [-0.1, -0.05) is 0 Å². The first-order valence-electron chi connectivity index (χ1n) is 2.48. The minimum atomic E-state index is -0.257. The largest absolute Gasteiger partial charge is 0.344 e. The normalized spacial score (nSPS) is 27.8. The number of rotatable bonds is 2. The van der Waals surface area contributed by atoms with E-state index in [1.54, 1.807) is 0 Å². The minimum Gasteiger partial charge on any atom is -0.344 e. The molecule has 0 saturated carbocycles. The summed E-state index contributed by atoms with van der Waals surface area (Å²) in [7, 11) is 0. The molecule has 4 heteroatoms. The second-order valence-corrected chi connectivity index (χ2v) is 1.49. The lowest BCUT2D eigenvalue weighted by atomic mass is 10.7. The highest BCUT2D eigenvalue weighted by Gasteiger charge is 2.10. The standard InChI is InChI=1S/C4H8N2O2/c7-3-6-4-5-1-2-8-4/h3-5H,1-2H2,(H,6,7). The predicted octanol–water partition coefficient (Wildman–Crippen LogP) is -1.36. The first-order chi connectivity index (χ1) is 3.93. The molecule has 1 rings (SSSR count). The molecule has 1 aliphatic heterocycles. The topological polar surface area (TPSA) is 50.4 Å². The van der Waals surface area contributed by atoms with Gasteiger partial charge in [-0.2, -0.15) is 0 Å². The Labute approximate surface area is 47.2 Å². The monoisotopic (exact) mass is 116 g/mol. The van der Waals surface area contributed by atoms with Crippen molar-refractivity contribution in [2.24, 2.45) is 0 Å². The third kappa shape index (κ3) is 1.18. The zero-order valence-corrected chi connectivity index (χ0v) is 4.39. The molecule has 8 heavy (non-hydrogen) atoms. The maximum absolute atomic E-state index is 9.73. The lowest BCUT2D eigenvalue weighted by molar-refractivity contribution is -0.112. The van der Waals surface area contributed by atoms with Crippen LogP contribution in [0.1, 0.15) is 0 Å². The van der Waals surface area contributed by atoms with Gasteiger partial charge >= 0.3 is 0 Å². The second kappa shape index (κ2) is 2.64. The van der Waals surface area contributed by atoms with Crippen LogP contribution < -0.4 is 10.6 Å². The lowest BCUT2D eigenvalue weighted by Crippen LogP contribution is -2.37. The number of hydrogen-bond donors (Lipinski definition) is 2. The Balaban J connectivity index is 2.14. The van der Waals surface area contributed by atoms with Gasteiger partial charge in [-0.15, -0.1) is 0 Å². The molecule has 0 aromatic carbocycles. The predicted molar refractivity (Wildman–Crippen MR) is 26.9 cm³/mol. The van der Waals surface area contributed by atoms with Crippen molar-refractivity contribution < 1.29 is 9.53 Å². The van der Waals surface area contributed by atoms with E-state index in [9.17, 15) is 4.79 Å². The first kappa shape index (κ1) is 5.53. The Kier molecular flexibility index (Phi) is 1.82. The lowest BCUT2D eigenvalue weighted by Gasteiger charge is -2.05. The molecule has 1 atom stereocenters. The Bertz CT molecular complexity index is 80.1. The van der Waals surface area contributed by atoms with Crippen LogP contribution >= 0.6 is 0 Å². The molecular weight excluding hydrogens is 108 g/mol. The van der Waals surface area contributed by atoms with Crippen LogP contribution in [0.15, 0.2) is 0 Å². The number of nitrogens with one attached hydrogen (secondary N) is 2. The molecule has 1 aliphatic rings. The summed E-state index contributed by atoms with van der Waals surface area (Å²) in [6, 6.07) is 0. The molecule has 1 heterocycles. The zero-order chi connectivity index (χ0) is 5.82. The van der Waals surface area contributed by atoms with E-state index in [0.29, 0.717) is 13.0 Å². The molecule has 46 valence electrons. The molecule has 2 N–H and O–H groups in total. The highest BCUT2D eigenvalue weighted by atomic mass is 16.5. The van der Waals surface area contributed by atoms with Crippen molar-refractivity contribution >= 4 is 6.41 Å². The van der Waals surface area contributed by atoms with Gasteiger partial charge in [-0.25, -0.2) is 0 Å². The molecule has 0 spiro atoms. The fourth-order valence-corrected chi connectivity index (χ4v) is 0.595. The van der Waals surface area contributed by atoms with Crippen LogP contribution in [0.3, 0.4) is 0 Å². The summed E-state index contributed by atoms with van der Waals surface area (Å²) in [5, 5.41) is 5.32. The van der Waals surface area contributed by atoms with Crippen LogP contribution in [-0.2, 0) is 9.53 Å². The molecule has 4 nitrogen and oxygen atoms in total. The molecule has 0 bridgehead atoms. The van der Waals surface area contributed by atoms with Crippen LogP contribution in [0.2, 0.25) is 0 Å². The fraction of sp³-hybridized carbons (Fsp3) is 0.750. The van der Waals surface area contributed by atoms with E-state index in [4.69, 9.17) is 4.74 Å². The van der Waals surface area contributed by atoms with Crippen molar-refractivity contribution in [2.75, 3.05) is 13.2 Å². The molecular formula is C4H8N2O2. The van der Waals surface area contributed by atoms with E-state index in [2.05, 4.69) is 10.6 Å². The van der Waals surface area contributed by atoms with Gasteiger partial charge in [0.2, 0.25) is 6.41 Å². The number of hydrogen-bond acceptors (Lipinski definition) is 3. The zero-order valence-electron chi connectivity index (χ0n) is 4.39. The van der Waals surface area contributed by atoms with E-state index in [1.807, 2.05) is 0 Å². The summed E-state index contributed by atoms with van der Waals surface area (Å²) < 4.78 is 4.94. The van der Waals surface area contributed by atoms with Crippen molar-refractivity contribution in [3.63, 3.8) is 0 Å². The van der Waals surface area contributed by atoms with Crippen LogP contribution in [0.25, 0.3) is 0 Å². The molecule has 0 aromatic heterocycles. The van der Waals surface area contributed by atoms with Gasteiger partial charge < -0.3 is 10.1 Å². The van der Waals surface area contributed by atoms with Crippen LogP contribution in [0, 0.1) is 0 Å². The molecule has 1 fully saturated rings. The molecule has 0 radical (unpaired) electrons. The molecule has 0 aromatic rings. The molecule has 0 aliphatic carbocycles. The smallest absolute Gasteiger partial charge is 0.210 e.